The van der Waals surface area contributed by atoms with E-state index in [0.717, 1.165) is 102 Å². The van der Waals surface area contributed by atoms with Crippen LogP contribution in [0.15, 0.2) is 0 Å². The zero-order chi connectivity index (χ0) is 76.4. The van der Waals surface area contributed by atoms with Crippen LogP contribution >= 0.6 is 15.6 Å². The molecule has 5 atom stereocenters. The van der Waals surface area contributed by atoms with Gasteiger partial charge in [-0.05, 0) is 37.5 Å². The molecule has 0 amide bonds. The van der Waals surface area contributed by atoms with Gasteiger partial charge in [0.15, 0.2) is 12.2 Å². The third-order valence-corrected chi connectivity index (χ3v) is 21.9. The minimum atomic E-state index is -4.97. The van der Waals surface area contributed by atoms with Crippen LogP contribution in [-0.4, -0.2) is 96.7 Å². The first-order valence-electron chi connectivity index (χ1n) is 44.0. The van der Waals surface area contributed by atoms with Crippen molar-refractivity contribution in [1.29, 1.82) is 0 Å². The van der Waals surface area contributed by atoms with Gasteiger partial charge in [-0.25, -0.2) is 9.13 Å². The van der Waals surface area contributed by atoms with Crippen LogP contribution in [0.4, 0.5) is 0 Å². The van der Waals surface area contributed by atoms with Crippen molar-refractivity contribution in [3.63, 3.8) is 0 Å². The summed E-state index contributed by atoms with van der Waals surface area (Å²) in [5.74, 6) is -0.614. The number of rotatable bonds is 84. The van der Waals surface area contributed by atoms with E-state index in [-0.39, 0.29) is 25.7 Å². The van der Waals surface area contributed by atoms with Crippen molar-refractivity contribution in [1.82, 2.24) is 0 Å². The van der Waals surface area contributed by atoms with E-state index in [1.54, 1.807) is 0 Å². The number of esters is 4. The zero-order valence-corrected chi connectivity index (χ0v) is 70.1. The molecule has 0 fully saturated rings. The van der Waals surface area contributed by atoms with Crippen molar-refractivity contribution in [3.8, 4) is 0 Å². The predicted molar refractivity (Wildman–Crippen MR) is 428 cm³/mol. The van der Waals surface area contributed by atoms with Gasteiger partial charge in [0.05, 0.1) is 26.4 Å². The molecule has 0 aliphatic heterocycles. The lowest BCUT2D eigenvalue weighted by Crippen LogP contribution is -2.30. The average Bonchev–Trinajstić information content (AvgIpc) is 0.911. The molecule has 19 heteroatoms. The molecule has 0 heterocycles. The maximum Gasteiger partial charge on any atom is 0.472 e. The van der Waals surface area contributed by atoms with Gasteiger partial charge >= 0.3 is 39.5 Å². The Bertz CT molecular complexity index is 1990. The lowest BCUT2D eigenvalue weighted by Gasteiger charge is -2.21. The molecular formula is C85H166O17P2. The molecule has 0 rings (SSSR count). The summed E-state index contributed by atoms with van der Waals surface area (Å²) in [7, 11) is -9.93. The molecule has 2 unspecified atom stereocenters. The van der Waals surface area contributed by atoms with Crippen molar-refractivity contribution in [2.45, 2.75) is 471 Å². The summed E-state index contributed by atoms with van der Waals surface area (Å²) in [5.41, 5.74) is 0. The summed E-state index contributed by atoms with van der Waals surface area (Å²) >= 11 is 0. The van der Waals surface area contributed by atoms with E-state index in [0.29, 0.717) is 25.7 Å². The lowest BCUT2D eigenvalue weighted by molar-refractivity contribution is -0.161. The molecule has 0 radical (unpaired) electrons. The number of phosphoric ester groups is 2. The SMILES string of the molecule is CCCCCCCCCCCCCCCCCCCCCCCCC(=O)O[C@H](COC(=O)CCCCCCCCCCCCCCCCCCC)COP(=O)(O)OC[C@@H](O)COP(=O)(O)OC[C@@H](COC(=O)CCCCCCCCCCC(C)C)OC(=O)CCCCCCCCCCCCCC(C)C. The number of hydrogen-bond acceptors (Lipinski definition) is 15. The highest BCUT2D eigenvalue weighted by atomic mass is 31.2. The van der Waals surface area contributed by atoms with Gasteiger partial charge in [0.1, 0.15) is 19.3 Å². The Hall–Kier alpha value is -1.94. The van der Waals surface area contributed by atoms with Crippen LogP contribution < -0.4 is 0 Å². The molecule has 0 aliphatic rings. The van der Waals surface area contributed by atoms with Crippen LogP contribution in [0.3, 0.4) is 0 Å². The number of carbonyl (C=O) groups is 4. The van der Waals surface area contributed by atoms with Crippen molar-refractivity contribution in [2.24, 2.45) is 11.8 Å². The molecule has 17 nitrogen and oxygen atoms in total. The Balaban J connectivity index is 5.22. The molecule has 0 saturated heterocycles. The fourth-order valence-corrected chi connectivity index (χ4v) is 14.8. The molecular weight excluding hydrogens is 1350 g/mol. The van der Waals surface area contributed by atoms with E-state index in [1.807, 2.05) is 0 Å². The van der Waals surface area contributed by atoms with Crippen LogP contribution in [0.5, 0.6) is 0 Å². The molecule has 0 aliphatic carbocycles. The van der Waals surface area contributed by atoms with Gasteiger partial charge in [0.2, 0.25) is 0 Å². The number of aliphatic hydroxyl groups excluding tert-OH is 1. The van der Waals surface area contributed by atoms with Gasteiger partial charge in [0, 0.05) is 25.7 Å². The van der Waals surface area contributed by atoms with Crippen molar-refractivity contribution >= 4 is 39.5 Å². The van der Waals surface area contributed by atoms with E-state index in [1.165, 1.54) is 270 Å². The van der Waals surface area contributed by atoms with Gasteiger partial charge < -0.3 is 33.8 Å². The van der Waals surface area contributed by atoms with E-state index in [4.69, 9.17) is 37.0 Å². The van der Waals surface area contributed by atoms with E-state index >= 15 is 0 Å². The summed E-state index contributed by atoms with van der Waals surface area (Å²) in [6, 6.07) is 0. The fourth-order valence-electron chi connectivity index (χ4n) is 13.2. The number of phosphoric acid groups is 2. The third-order valence-electron chi connectivity index (χ3n) is 20.0. The van der Waals surface area contributed by atoms with Crippen LogP contribution in [0.2, 0.25) is 0 Å². The number of aliphatic hydroxyl groups is 1. The van der Waals surface area contributed by atoms with Crippen LogP contribution in [0.25, 0.3) is 0 Å². The highest BCUT2D eigenvalue weighted by molar-refractivity contribution is 7.47. The quantitative estimate of drug-likeness (QED) is 0.0222. The molecule has 3 N–H and O–H groups in total. The first kappa shape index (κ1) is 102. The van der Waals surface area contributed by atoms with Crippen molar-refractivity contribution in [2.75, 3.05) is 39.6 Å². The molecule has 104 heavy (non-hydrogen) atoms. The molecule has 0 aromatic heterocycles. The predicted octanol–water partition coefficient (Wildman–Crippen LogP) is 25.8. The molecule has 0 aromatic rings. The number of carbonyl (C=O) groups excluding carboxylic acids is 4. The molecule has 0 spiro atoms. The van der Waals surface area contributed by atoms with Crippen LogP contribution in [-0.2, 0) is 65.4 Å². The first-order chi connectivity index (χ1) is 50.4. The largest absolute Gasteiger partial charge is 0.472 e. The number of hydrogen-bond donors (Lipinski definition) is 3. The molecule has 0 saturated carbocycles. The Morgan fingerprint density at radius 3 is 0.654 bits per heavy atom. The highest BCUT2D eigenvalue weighted by Gasteiger charge is 2.30. The summed E-state index contributed by atoms with van der Waals surface area (Å²) in [4.78, 5) is 73.2. The summed E-state index contributed by atoms with van der Waals surface area (Å²) in [5, 5.41) is 10.7. The zero-order valence-electron chi connectivity index (χ0n) is 68.3. The fraction of sp³-hybridized carbons (Fsp3) is 0.953. The monoisotopic (exact) mass is 1520 g/mol. The maximum absolute atomic E-state index is 13.1. The van der Waals surface area contributed by atoms with Gasteiger partial charge in [-0.3, -0.25) is 37.3 Å². The van der Waals surface area contributed by atoms with Crippen molar-refractivity contribution in [3.05, 3.63) is 0 Å². The second-order valence-corrected chi connectivity index (χ2v) is 34.4. The number of ether oxygens (including phenoxy) is 4. The van der Waals surface area contributed by atoms with Crippen LogP contribution in [0.1, 0.15) is 452 Å². The Morgan fingerprint density at radius 2 is 0.442 bits per heavy atom. The second kappa shape index (κ2) is 76.4. The molecule has 0 aromatic carbocycles. The topological polar surface area (TPSA) is 237 Å². The highest BCUT2D eigenvalue weighted by Crippen LogP contribution is 2.45. The van der Waals surface area contributed by atoms with Gasteiger partial charge in [0.25, 0.3) is 0 Å². The van der Waals surface area contributed by atoms with Gasteiger partial charge in [-0.2, -0.15) is 0 Å². The van der Waals surface area contributed by atoms with Gasteiger partial charge in [-0.15, -0.1) is 0 Å². The second-order valence-electron chi connectivity index (χ2n) is 31.5. The van der Waals surface area contributed by atoms with E-state index in [2.05, 4.69) is 41.5 Å². The minimum absolute atomic E-state index is 0.106. The lowest BCUT2D eigenvalue weighted by atomic mass is 10.0. The maximum atomic E-state index is 13.1. The smallest absolute Gasteiger partial charge is 0.462 e. The molecule has 0 bridgehead atoms. The summed E-state index contributed by atoms with van der Waals surface area (Å²) in [6.45, 7) is 9.62. The average molecular weight is 1520 g/mol. The van der Waals surface area contributed by atoms with Crippen LogP contribution in [0, 0.1) is 11.8 Å². The molecule has 618 valence electrons. The third kappa shape index (κ3) is 78.2. The van der Waals surface area contributed by atoms with Crippen molar-refractivity contribution < 1.29 is 80.2 Å². The van der Waals surface area contributed by atoms with E-state index in [9.17, 15) is 43.2 Å². The minimum Gasteiger partial charge on any atom is -0.462 e. The summed E-state index contributed by atoms with van der Waals surface area (Å²) < 4.78 is 68.8. The summed E-state index contributed by atoms with van der Waals surface area (Å²) in [6.07, 6.45) is 68.2. The Kier molecular flexibility index (Phi) is 75.0. The first-order valence-corrected chi connectivity index (χ1v) is 47.0. The normalized spacial score (nSPS) is 13.8. The van der Waals surface area contributed by atoms with E-state index < -0.39 is 97.5 Å². The Morgan fingerprint density at radius 1 is 0.260 bits per heavy atom. The Labute approximate surface area is 638 Å². The number of unbranched alkanes of at least 4 members (excludes halogenated alkanes) is 54. The van der Waals surface area contributed by atoms with Gasteiger partial charge in [-0.1, -0.05) is 401 Å². The standard InChI is InChI=1S/C85H166O17P2/c1-7-9-11-13-15-17-19-21-23-25-26-27-28-29-31-33-35-39-43-51-57-63-69-84(89)101-80(73-95-82(87)67-61-55-49-42-38-34-32-30-24-22-20-18-16-14-12-10-8-2)75-99-103(91,92)97-71-79(86)72-98-104(93,94)100-76-81(74-96-83(88)68-62-56-50-46-45-48-54-60-66-78(5)6)102-85(90)70-64-58-52-44-40-36-37-41-47-53-59-65-77(3)4/h77-81,86H,7-76H2,1-6H3,(H,91,92)(H,93,94)/t79-,80-,81-/m1/s1.